The number of hydrogen-bond donors (Lipinski definition) is 1. The number of rotatable bonds is 4. The van der Waals surface area contributed by atoms with Crippen molar-refractivity contribution in [3.05, 3.63) is 65.3 Å². The minimum atomic E-state index is 0.800. The Morgan fingerprint density at radius 3 is 2.67 bits per heavy atom. The lowest BCUT2D eigenvalue weighted by atomic mass is 10.1. The standard InChI is InChI=1S/C16H14N4S/c1-12-11-21-16(19-12)20-18-10-13-5-7-14(8-6-13)15-4-2-3-9-17-15/h2-11H,1H3,(H,19,20). The molecular weight excluding hydrogens is 280 g/mol. The fourth-order valence-corrected chi connectivity index (χ4v) is 2.48. The summed E-state index contributed by atoms with van der Waals surface area (Å²) in [6, 6.07) is 14.0. The van der Waals surface area contributed by atoms with E-state index >= 15 is 0 Å². The van der Waals surface area contributed by atoms with Gasteiger partial charge in [0.1, 0.15) is 0 Å². The van der Waals surface area contributed by atoms with E-state index in [4.69, 9.17) is 0 Å². The molecule has 2 aromatic heterocycles. The Morgan fingerprint density at radius 1 is 1.14 bits per heavy atom. The molecule has 0 radical (unpaired) electrons. The van der Waals surface area contributed by atoms with Crippen LogP contribution < -0.4 is 5.43 Å². The third-order valence-corrected chi connectivity index (χ3v) is 3.73. The minimum Gasteiger partial charge on any atom is -0.256 e. The maximum absolute atomic E-state index is 4.33. The second-order valence-electron chi connectivity index (χ2n) is 4.50. The van der Waals surface area contributed by atoms with Gasteiger partial charge in [0, 0.05) is 17.1 Å². The molecule has 1 aromatic carbocycles. The van der Waals surface area contributed by atoms with Crippen molar-refractivity contribution in [3.63, 3.8) is 0 Å². The number of nitrogens with one attached hydrogen (secondary N) is 1. The summed E-state index contributed by atoms with van der Waals surface area (Å²) in [7, 11) is 0. The molecule has 5 heteroatoms. The summed E-state index contributed by atoms with van der Waals surface area (Å²) in [4.78, 5) is 8.61. The summed E-state index contributed by atoms with van der Waals surface area (Å²) >= 11 is 1.54. The van der Waals surface area contributed by atoms with Gasteiger partial charge in [-0.15, -0.1) is 11.3 Å². The highest BCUT2D eigenvalue weighted by atomic mass is 32.1. The lowest BCUT2D eigenvalue weighted by molar-refractivity contribution is 1.22. The number of aromatic nitrogens is 2. The summed E-state index contributed by atoms with van der Waals surface area (Å²) in [6.45, 7) is 1.96. The Labute approximate surface area is 127 Å². The fourth-order valence-electron chi connectivity index (χ4n) is 1.84. The van der Waals surface area contributed by atoms with Crippen LogP contribution in [0.2, 0.25) is 0 Å². The molecule has 0 atom stereocenters. The molecule has 3 rings (SSSR count). The van der Waals surface area contributed by atoms with E-state index in [0.717, 1.165) is 27.6 Å². The van der Waals surface area contributed by atoms with Crippen molar-refractivity contribution < 1.29 is 0 Å². The van der Waals surface area contributed by atoms with E-state index in [2.05, 4.69) is 20.5 Å². The highest BCUT2D eigenvalue weighted by molar-refractivity contribution is 7.13. The normalized spacial score (nSPS) is 10.9. The van der Waals surface area contributed by atoms with Crippen LogP contribution in [0, 0.1) is 6.92 Å². The number of nitrogens with zero attached hydrogens (tertiary/aromatic N) is 3. The summed E-state index contributed by atoms with van der Waals surface area (Å²) in [5.41, 5.74) is 7.01. The van der Waals surface area contributed by atoms with Gasteiger partial charge >= 0.3 is 0 Å². The van der Waals surface area contributed by atoms with E-state index in [1.807, 2.05) is 54.8 Å². The molecule has 0 amide bonds. The highest BCUT2D eigenvalue weighted by Gasteiger charge is 1.98. The van der Waals surface area contributed by atoms with Crippen LogP contribution in [0.3, 0.4) is 0 Å². The predicted octanol–water partition coefficient (Wildman–Crippen LogP) is 3.96. The van der Waals surface area contributed by atoms with E-state index < -0.39 is 0 Å². The molecule has 0 spiro atoms. The van der Waals surface area contributed by atoms with Gasteiger partial charge in [-0.1, -0.05) is 30.3 Å². The SMILES string of the molecule is Cc1csc(NN=Cc2ccc(-c3ccccn3)cc2)n1. The molecule has 0 unspecified atom stereocenters. The average molecular weight is 294 g/mol. The molecule has 0 aliphatic rings. The van der Waals surface area contributed by atoms with Gasteiger partial charge in [0.25, 0.3) is 0 Å². The summed E-state index contributed by atoms with van der Waals surface area (Å²) < 4.78 is 0. The summed E-state index contributed by atoms with van der Waals surface area (Å²) in [5.74, 6) is 0. The van der Waals surface area contributed by atoms with Crippen molar-refractivity contribution in [1.29, 1.82) is 0 Å². The maximum atomic E-state index is 4.33. The topological polar surface area (TPSA) is 50.2 Å². The molecule has 0 fully saturated rings. The molecule has 2 heterocycles. The molecule has 0 aliphatic carbocycles. The molecule has 3 aromatic rings. The van der Waals surface area contributed by atoms with Gasteiger partial charge in [-0.3, -0.25) is 10.4 Å². The third kappa shape index (κ3) is 3.52. The van der Waals surface area contributed by atoms with Crippen molar-refractivity contribution in [2.45, 2.75) is 6.92 Å². The quantitative estimate of drug-likeness (QED) is 0.585. The van der Waals surface area contributed by atoms with Crippen LogP contribution in [0.5, 0.6) is 0 Å². The van der Waals surface area contributed by atoms with Crippen molar-refractivity contribution in [3.8, 4) is 11.3 Å². The largest absolute Gasteiger partial charge is 0.256 e. The molecule has 4 nitrogen and oxygen atoms in total. The van der Waals surface area contributed by atoms with Crippen molar-refractivity contribution in [2.24, 2.45) is 5.10 Å². The number of hydrogen-bond acceptors (Lipinski definition) is 5. The highest BCUT2D eigenvalue weighted by Crippen LogP contribution is 2.16. The molecule has 0 aliphatic heterocycles. The maximum Gasteiger partial charge on any atom is 0.203 e. The molecular formula is C16H14N4S. The van der Waals surface area contributed by atoms with Crippen LogP contribution >= 0.6 is 11.3 Å². The predicted molar refractivity (Wildman–Crippen MR) is 87.7 cm³/mol. The van der Waals surface area contributed by atoms with Gasteiger partial charge in [-0.25, -0.2) is 4.98 Å². The van der Waals surface area contributed by atoms with Gasteiger partial charge < -0.3 is 0 Å². The minimum absolute atomic E-state index is 0.800. The first-order valence-electron chi connectivity index (χ1n) is 6.54. The monoisotopic (exact) mass is 294 g/mol. The Morgan fingerprint density at radius 2 is 2.00 bits per heavy atom. The van der Waals surface area contributed by atoms with Gasteiger partial charge in [0.05, 0.1) is 17.6 Å². The Bertz CT molecular complexity index is 732. The fraction of sp³-hybridized carbons (Fsp3) is 0.0625. The average Bonchev–Trinajstić information content (AvgIpc) is 2.94. The zero-order chi connectivity index (χ0) is 14.5. The molecule has 21 heavy (non-hydrogen) atoms. The molecule has 1 N–H and O–H groups in total. The van der Waals surface area contributed by atoms with Crippen LogP contribution in [0.25, 0.3) is 11.3 Å². The second kappa shape index (κ2) is 6.28. The number of pyridine rings is 1. The first kappa shape index (κ1) is 13.5. The van der Waals surface area contributed by atoms with Crippen LogP contribution in [0.15, 0.2) is 59.1 Å². The van der Waals surface area contributed by atoms with Gasteiger partial charge in [0.2, 0.25) is 5.13 Å². The first-order valence-corrected chi connectivity index (χ1v) is 7.42. The third-order valence-electron chi connectivity index (χ3n) is 2.86. The van der Waals surface area contributed by atoms with Crippen molar-refractivity contribution in [2.75, 3.05) is 5.43 Å². The van der Waals surface area contributed by atoms with Crippen molar-refractivity contribution in [1.82, 2.24) is 9.97 Å². The summed E-state index contributed by atoms with van der Waals surface area (Å²) in [6.07, 6.45) is 3.57. The second-order valence-corrected chi connectivity index (χ2v) is 5.36. The van der Waals surface area contributed by atoms with Crippen LogP contribution in [0.1, 0.15) is 11.3 Å². The van der Waals surface area contributed by atoms with Gasteiger partial charge in [-0.05, 0) is 24.6 Å². The van der Waals surface area contributed by atoms with E-state index in [9.17, 15) is 0 Å². The number of benzene rings is 1. The Balaban J connectivity index is 1.67. The first-order chi connectivity index (χ1) is 10.3. The number of aryl methyl sites for hydroxylation is 1. The number of anilines is 1. The molecule has 0 bridgehead atoms. The van der Waals surface area contributed by atoms with Gasteiger partial charge in [0.15, 0.2) is 0 Å². The van der Waals surface area contributed by atoms with E-state index in [1.54, 1.807) is 23.7 Å². The lowest BCUT2D eigenvalue weighted by Crippen LogP contribution is -1.90. The van der Waals surface area contributed by atoms with Crippen LogP contribution in [-0.2, 0) is 0 Å². The van der Waals surface area contributed by atoms with Gasteiger partial charge in [-0.2, -0.15) is 5.10 Å². The van der Waals surface area contributed by atoms with Crippen molar-refractivity contribution >= 4 is 22.7 Å². The lowest BCUT2D eigenvalue weighted by Gasteiger charge is -2.00. The zero-order valence-electron chi connectivity index (χ0n) is 11.5. The smallest absolute Gasteiger partial charge is 0.203 e. The molecule has 0 saturated heterocycles. The zero-order valence-corrected chi connectivity index (χ0v) is 12.3. The summed E-state index contributed by atoms with van der Waals surface area (Å²) in [5, 5.41) is 6.97. The number of hydrazone groups is 1. The molecule has 0 saturated carbocycles. The van der Waals surface area contributed by atoms with Crippen LogP contribution in [-0.4, -0.2) is 16.2 Å². The van der Waals surface area contributed by atoms with E-state index in [1.165, 1.54) is 0 Å². The Kier molecular flexibility index (Phi) is 4.02. The van der Waals surface area contributed by atoms with Crippen LogP contribution in [0.4, 0.5) is 5.13 Å². The number of thiazole rings is 1. The van der Waals surface area contributed by atoms with E-state index in [-0.39, 0.29) is 0 Å². The van der Waals surface area contributed by atoms with E-state index in [0.29, 0.717) is 0 Å². The molecule has 104 valence electrons. The Hall–Kier alpha value is -2.53.